The molecule has 5 heavy (non-hydrogen) atoms. The number of rotatable bonds is 1. The van der Waals surface area contributed by atoms with Crippen molar-refractivity contribution < 1.29 is 4.79 Å². The molecule has 0 amide bonds. The Labute approximate surface area is 32.8 Å². The third-order valence-electron chi connectivity index (χ3n) is 0.157. The summed E-state index contributed by atoms with van der Waals surface area (Å²) in [6, 6.07) is 0. The van der Waals surface area contributed by atoms with Crippen LogP contribution in [0.2, 0.25) is 6.55 Å². The third-order valence-corrected chi connectivity index (χ3v) is 0.472. The van der Waals surface area contributed by atoms with E-state index in [-0.39, 0.29) is 0 Å². The molecule has 0 spiro atoms. The molecule has 0 aromatic carbocycles. The summed E-state index contributed by atoms with van der Waals surface area (Å²) in [5.41, 5.74) is 0. The smallest absolute Gasteiger partial charge is 0.225 e. The Balaban J connectivity index is 2.93. The lowest BCUT2D eigenvalue weighted by Crippen LogP contribution is -1.65. The van der Waals surface area contributed by atoms with Gasteiger partial charge in [0.25, 0.3) is 0 Å². The molecule has 0 bridgehead atoms. The molecule has 0 atom stereocenters. The highest BCUT2D eigenvalue weighted by Crippen LogP contribution is 1.48. The van der Waals surface area contributed by atoms with Gasteiger partial charge in [-0.05, 0) is 0 Å². The lowest BCUT2D eigenvalue weighted by molar-refractivity contribution is 0.566. The Kier molecular flexibility index (Phi) is 3.31. The highest BCUT2D eigenvalue weighted by molar-refractivity contribution is 6.32. The Bertz CT molecular complexity index is 56.7. The van der Waals surface area contributed by atoms with Crippen LogP contribution in [0.15, 0.2) is 4.66 Å². The average molecular weight is 85.1 g/mol. The van der Waals surface area contributed by atoms with Gasteiger partial charge in [0.1, 0.15) is 0 Å². The molecular weight excluding hydrogens is 82.1 g/mol. The fourth-order valence-corrected chi connectivity index (χ4v) is 0.137. The van der Waals surface area contributed by atoms with Gasteiger partial charge in [0, 0.05) is 0 Å². The SMILES string of the molecule is C[Si]N=C=O. The fourth-order valence-electron chi connectivity index (χ4n) is 0.0456. The zero-order valence-corrected chi connectivity index (χ0v) is 3.86. The Morgan fingerprint density at radius 1 is 2.00 bits per heavy atom. The van der Waals surface area contributed by atoms with Crippen molar-refractivity contribution in [3.05, 3.63) is 0 Å². The van der Waals surface area contributed by atoms with Crippen LogP contribution in [0.4, 0.5) is 0 Å². The first kappa shape index (κ1) is 4.60. The number of isocyanates is 1. The molecule has 3 heteroatoms. The molecule has 0 heterocycles. The molecule has 0 aromatic heterocycles. The van der Waals surface area contributed by atoms with Gasteiger partial charge in [-0.3, -0.25) is 4.66 Å². The van der Waals surface area contributed by atoms with Gasteiger partial charge in [-0.25, -0.2) is 4.79 Å². The van der Waals surface area contributed by atoms with Gasteiger partial charge in [0.15, 0.2) is 0 Å². The van der Waals surface area contributed by atoms with Crippen molar-refractivity contribution in [3.8, 4) is 0 Å². The highest BCUT2D eigenvalue weighted by atomic mass is 28.2. The van der Waals surface area contributed by atoms with Crippen LogP contribution >= 0.6 is 0 Å². The topological polar surface area (TPSA) is 29.4 Å². The Hall–Kier alpha value is -0.403. The van der Waals surface area contributed by atoms with Crippen molar-refractivity contribution >= 4 is 15.8 Å². The largest absolute Gasteiger partial charge is 0.250 e. The molecule has 0 aliphatic heterocycles. The van der Waals surface area contributed by atoms with E-state index >= 15 is 0 Å². The molecule has 0 unspecified atom stereocenters. The van der Waals surface area contributed by atoms with Crippen LogP contribution in [0.1, 0.15) is 0 Å². The summed E-state index contributed by atoms with van der Waals surface area (Å²) in [6.45, 7) is 1.81. The summed E-state index contributed by atoms with van der Waals surface area (Å²) in [5.74, 6) is 0. The maximum atomic E-state index is 9.12. The minimum atomic E-state index is 0.359. The van der Waals surface area contributed by atoms with E-state index < -0.39 is 0 Å². The zero-order chi connectivity index (χ0) is 4.12. The molecule has 0 fully saturated rings. The van der Waals surface area contributed by atoms with Crippen LogP contribution in [0.5, 0.6) is 0 Å². The Morgan fingerprint density at radius 2 is 2.60 bits per heavy atom. The van der Waals surface area contributed by atoms with E-state index in [1.165, 1.54) is 6.08 Å². The first-order valence-corrected chi connectivity index (χ1v) is 2.60. The second-order valence-corrected chi connectivity index (χ2v) is 1.10. The van der Waals surface area contributed by atoms with E-state index in [0.29, 0.717) is 9.68 Å². The molecule has 0 N–H and O–H groups in total. The van der Waals surface area contributed by atoms with E-state index in [1.807, 2.05) is 6.55 Å². The van der Waals surface area contributed by atoms with Gasteiger partial charge >= 0.3 is 0 Å². The number of hydrogen-bond donors (Lipinski definition) is 0. The number of hydrogen-bond acceptors (Lipinski definition) is 2. The predicted molar refractivity (Wildman–Crippen MR) is 19.7 cm³/mol. The van der Waals surface area contributed by atoms with Crippen molar-refractivity contribution in [1.82, 2.24) is 0 Å². The lowest BCUT2D eigenvalue weighted by Gasteiger charge is -1.53. The normalized spacial score (nSPS) is 5.80. The highest BCUT2D eigenvalue weighted by Gasteiger charge is 1.58. The first-order valence-electron chi connectivity index (χ1n) is 1.15. The summed E-state index contributed by atoms with van der Waals surface area (Å²) in [4.78, 5) is 9.12. The van der Waals surface area contributed by atoms with Crippen LogP contribution < -0.4 is 0 Å². The monoisotopic (exact) mass is 85.0 g/mol. The molecule has 0 aliphatic carbocycles. The summed E-state index contributed by atoms with van der Waals surface area (Å²) < 4.78 is 3.19. The minimum absolute atomic E-state index is 0.359. The van der Waals surface area contributed by atoms with E-state index in [9.17, 15) is 0 Å². The number of nitrogens with zero attached hydrogens (tertiary/aromatic N) is 1. The van der Waals surface area contributed by atoms with Crippen molar-refractivity contribution in [3.63, 3.8) is 0 Å². The van der Waals surface area contributed by atoms with Crippen LogP contribution in [0.3, 0.4) is 0 Å². The molecule has 0 aliphatic rings. The first-order chi connectivity index (χ1) is 2.41. The van der Waals surface area contributed by atoms with Crippen molar-refractivity contribution in [1.29, 1.82) is 0 Å². The molecule has 0 saturated carbocycles. The second-order valence-electron chi connectivity index (χ2n) is 0.427. The Morgan fingerprint density at radius 3 is 2.60 bits per heavy atom. The van der Waals surface area contributed by atoms with Crippen molar-refractivity contribution in [2.45, 2.75) is 6.55 Å². The van der Waals surface area contributed by atoms with Gasteiger partial charge < -0.3 is 0 Å². The minimum Gasteiger partial charge on any atom is -0.250 e. The fraction of sp³-hybridized carbons (Fsp3) is 0.500. The van der Waals surface area contributed by atoms with Gasteiger partial charge in [-0.2, -0.15) is 0 Å². The maximum Gasteiger partial charge on any atom is 0.225 e. The van der Waals surface area contributed by atoms with Crippen LogP contribution in [0.25, 0.3) is 0 Å². The van der Waals surface area contributed by atoms with Crippen molar-refractivity contribution in [2.24, 2.45) is 4.66 Å². The quantitative estimate of drug-likeness (QED) is 0.250. The van der Waals surface area contributed by atoms with E-state index in [4.69, 9.17) is 4.79 Å². The van der Waals surface area contributed by atoms with Crippen molar-refractivity contribution in [2.75, 3.05) is 0 Å². The van der Waals surface area contributed by atoms with E-state index in [1.54, 1.807) is 0 Å². The second kappa shape index (κ2) is 3.60. The molecule has 2 nitrogen and oxygen atoms in total. The molecule has 0 rings (SSSR count). The summed E-state index contributed by atoms with van der Waals surface area (Å²) >= 11 is 0. The van der Waals surface area contributed by atoms with Crippen LogP contribution in [-0.2, 0) is 4.79 Å². The van der Waals surface area contributed by atoms with Crippen LogP contribution in [-0.4, -0.2) is 15.8 Å². The average Bonchev–Trinajstić information content (AvgIpc) is 1.41. The standard InChI is InChI=1S/C2H3NOSi/c1-5-3-2-4/h1H3. The van der Waals surface area contributed by atoms with E-state index in [2.05, 4.69) is 4.66 Å². The summed E-state index contributed by atoms with van der Waals surface area (Å²) in [5, 5.41) is 0. The molecular formula is C2H3NOSi. The van der Waals surface area contributed by atoms with E-state index in [0.717, 1.165) is 0 Å². The van der Waals surface area contributed by atoms with Gasteiger partial charge in [0.05, 0.1) is 0 Å². The van der Waals surface area contributed by atoms with Crippen LogP contribution in [0, 0.1) is 0 Å². The molecule has 0 saturated heterocycles. The third kappa shape index (κ3) is 3.60. The summed E-state index contributed by atoms with van der Waals surface area (Å²) in [6.07, 6.45) is 1.40. The molecule has 26 valence electrons. The summed E-state index contributed by atoms with van der Waals surface area (Å²) in [7, 11) is 0.359. The molecule has 2 radical (unpaired) electrons. The van der Waals surface area contributed by atoms with Gasteiger partial charge in [-0.1, -0.05) is 6.55 Å². The van der Waals surface area contributed by atoms with Gasteiger partial charge in [0.2, 0.25) is 15.8 Å². The molecule has 0 aromatic rings. The zero-order valence-electron chi connectivity index (χ0n) is 2.86. The number of carbonyl (C=O) groups excluding carboxylic acids is 1. The predicted octanol–water partition coefficient (Wildman–Crippen LogP) is -0.0105. The lowest BCUT2D eigenvalue weighted by atomic mass is 11.7. The van der Waals surface area contributed by atoms with Gasteiger partial charge in [-0.15, -0.1) is 0 Å². The maximum absolute atomic E-state index is 9.12.